The van der Waals surface area contributed by atoms with Crippen molar-refractivity contribution in [3.63, 3.8) is 0 Å². The molecule has 7 nitrogen and oxygen atoms in total. The minimum atomic E-state index is -4.84. The van der Waals surface area contributed by atoms with Crippen LogP contribution in [0.1, 0.15) is 15.9 Å². The van der Waals surface area contributed by atoms with E-state index in [0.717, 1.165) is 12.1 Å². The Balaban J connectivity index is 1.94. The van der Waals surface area contributed by atoms with Gasteiger partial charge in [-0.3, -0.25) is 9.59 Å². The van der Waals surface area contributed by atoms with Crippen LogP contribution >= 0.6 is 15.9 Å². The number of rotatable bonds is 8. The quantitative estimate of drug-likeness (QED) is 0.339. The predicted octanol–water partition coefficient (Wildman–Crippen LogP) is 5.77. The largest absolute Gasteiger partial charge is 0.573 e. The first-order chi connectivity index (χ1) is 17.1. The summed E-state index contributed by atoms with van der Waals surface area (Å²) in [6.07, 6.45) is -3.45. The first-order valence-corrected chi connectivity index (χ1v) is 11.1. The summed E-state index contributed by atoms with van der Waals surface area (Å²) in [5.41, 5.74) is 0.733. The fourth-order valence-corrected chi connectivity index (χ4v) is 3.50. The number of benzene rings is 3. The second-order valence-electron chi connectivity index (χ2n) is 7.13. The van der Waals surface area contributed by atoms with Crippen LogP contribution in [0.5, 0.6) is 17.2 Å². The lowest BCUT2D eigenvalue weighted by molar-refractivity contribution is -0.274. The van der Waals surface area contributed by atoms with E-state index >= 15 is 0 Å². The molecule has 2 amide bonds. The second kappa shape index (κ2) is 11.6. The Hall–Kier alpha value is -3.99. The third-order valence-electron chi connectivity index (χ3n) is 4.69. The molecular weight excluding hydrogens is 545 g/mol. The summed E-state index contributed by atoms with van der Waals surface area (Å²) in [7, 11) is 2.92. The Morgan fingerprint density at radius 1 is 0.917 bits per heavy atom. The molecule has 0 atom stereocenters. The molecule has 0 bridgehead atoms. The molecule has 3 aromatic rings. The van der Waals surface area contributed by atoms with Crippen molar-refractivity contribution in [3.8, 4) is 17.2 Å². The predicted molar refractivity (Wildman–Crippen MR) is 131 cm³/mol. The van der Waals surface area contributed by atoms with Crippen molar-refractivity contribution in [1.82, 2.24) is 5.32 Å². The first kappa shape index (κ1) is 26.6. The number of hydrogen-bond donors (Lipinski definition) is 2. The molecular formula is C25H20BrF3N2O5. The van der Waals surface area contributed by atoms with E-state index in [-0.39, 0.29) is 16.9 Å². The van der Waals surface area contributed by atoms with Crippen LogP contribution in [-0.2, 0) is 4.79 Å². The van der Waals surface area contributed by atoms with Gasteiger partial charge in [-0.05, 0) is 76.6 Å². The van der Waals surface area contributed by atoms with Crippen LogP contribution in [0.2, 0.25) is 0 Å². The van der Waals surface area contributed by atoms with Gasteiger partial charge >= 0.3 is 6.36 Å². The van der Waals surface area contributed by atoms with Gasteiger partial charge < -0.3 is 24.8 Å². The van der Waals surface area contributed by atoms with E-state index < -0.39 is 23.9 Å². The number of ether oxygens (including phenoxy) is 3. The van der Waals surface area contributed by atoms with E-state index in [1.165, 1.54) is 32.4 Å². The van der Waals surface area contributed by atoms with E-state index in [2.05, 4.69) is 31.3 Å². The van der Waals surface area contributed by atoms with Gasteiger partial charge in [-0.25, -0.2) is 0 Å². The highest BCUT2D eigenvalue weighted by Gasteiger charge is 2.31. The molecule has 36 heavy (non-hydrogen) atoms. The van der Waals surface area contributed by atoms with E-state index in [9.17, 15) is 22.8 Å². The van der Waals surface area contributed by atoms with Gasteiger partial charge in [0.2, 0.25) is 0 Å². The molecule has 0 aliphatic heterocycles. The van der Waals surface area contributed by atoms with E-state index in [0.29, 0.717) is 21.5 Å². The molecule has 0 saturated heterocycles. The highest BCUT2D eigenvalue weighted by molar-refractivity contribution is 9.10. The molecule has 0 fully saturated rings. The molecule has 2 N–H and O–H groups in total. The number of hydrogen-bond acceptors (Lipinski definition) is 5. The molecule has 0 aliphatic carbocycles. The van der Waals surface area contributed by atoms with E-state index in [1.807, 2.05) is 0 Å². The summed E-state index contributed by atoms with van der Waals surface area (Å²) in [5, 5.41) is 5.13. The number of methoxy groups -OCH3 is 2. The fourth-order valence-electron chi connectivity index (χ4n) is 3.04. The van der Waals surface area contributed by atoms with Crippen LogP contribution in [-0.4, -0.2) is 32.4 Å². The standard InChI is InChI=1S/C25H20BrF3N2O5/c1-34-18-11-12-22(35-2)15(13-18)14-21(31-23(32)19-5-3-4-6-20(19)26)24(33)30-16-7-9-17(10-8-16)36-25(27,28)29/h3-14H,1-2H3,(H,30,33)(H,31,32). The molecule has 3 rings (SSSR count). The average molecular weight is 565 g/mol. The number of carbonyl (C=O) groups excluding carboxylic acids is 2. The van der Waals surface area contributed by atoms with Crippen LogP contribution in [0.15, 0.2) is 76.9 Å². The third-order valence-corrected chi connectivity index (χ3v) is 5.39. The maximum atomic E-state index is 13.1. The highest BCUT2D eigenvalue weighted by Crippen LogP contribution is 2.27. The van der Waals surface area contributed by atoms with Crippen LogP contribution in [0, 0.1) is 0 Å². The van der Waals surface area contributed by atoms with Gasteiger partial charge in [0, 0.05) is 15.7 Å². The molecule has 0 saturated carbocycles. The second-order valence-corrected chi connectivity index (χ2v) is 7.98. The Labute approximate surface area is 213 Å². The smallest absolute Gasteiger partial charge is 0.497 e. The molecule has 0 heterocycles. The molecule has 0 spiro atoms. The monoisotopic (exact) mass is 564 g/mol. The van der Waals surface area contributed by atoms with Gasteiger partial charge in [-0.1, -0.05) is 12.1 Å². The normalized spacial score (nSPS) is 11.4. The van der Waals surface area contributed by atoms with Gasteiger partial charge in [0.05, 0.1) is 19.8 Å². The van der Waals surface area contributed by atoms with Crippen molar-refractivity contribution in [2.75, 3.05) is 19.5 Å². The van der Waals surface area contributed by atoms with Gasteiger partial charge in [-0.15, -0.1) is 13.2 Å². The lowest BCUT2D eigenvalue weighted by Crippen LogP contribution is -2.31. The zero-order valence-corrected chi connectivity index (χ0v) is 20.6. The lowest BCUT2D eigenvalue weighted by atomic mass is 10.1. The molecule has 0 unspecified atom stereocenters. The minimum Gasteiger partial charge on any atom is -0.497 e. The number of amides is 2. The summed E-state index contributed by atoms with van der Waals surface area (Å²) >= 11 is 3.30. The Bertz CT molecular complexity index is 1280. The summed E-state index contributed by atoms with van der Waals surface area (Å²) < 4.78 is 52.2. The number of alkyl halides is 3. The van der Waals surface area contributed by atoms with Gasteiger partial charge in [0.1, 0.15) is 22.9 Å². The average Bonchev–Trinajstić information content (AvgIpc) is 2.84. The summed E-state index contributed by atoms with van der Waals surface area (Å²) in [6.45, 7) is 0. The molecule has 3 aromatic carbocycles. The molecule has 0 aromatic heterocycles. The Morgan fingerprint density at radius 3 is 2.19 bits per heavy atom. The molecule has 0 radical (unpaired) electrons. The molecule has 188 valence electrons. The van der Waals surface area contributed by atoms with Crippen LogP contribution in [0.25, 0.3) is 6.08 Å². The fraction of sp³-hybridized carbons (Fsp3) is 0.120. The summed E-state index contributed by atoms with van der Waals surface area (Å²) in [6, 6.07) is 16.1. The van der Waals surface area contributed by atoms with Crippen molar-refractivity contribution >= 4 is 39.5 Å². The maximum Gasteiger partial charge on any atom is 0.573 e. The molecule has 11 heteroatoms. The van der Waals surface area contributed by atoms with Crippen LogP contribution < -0.4 is 24.8 Å². The SMILES string of the molecule is COc1ccc(OC)c(C=C(NC(=O)c2ccccc2Br)C(=O)Nc2ccc(OC(F)(F)F)cc2)c1. The van der Waals surface area contributed by atoms with Crippen molar-refractivity contribution < 1.29 is 37.0 Å². The van der Waals surface area contributed by atoms with Crippen molar-refractivity contribution in [2.24, 2.45) is 0 Å². The van der Waals surface area contributed by atoms with E-state index in [1.54, 1.807) is 42.5 Å². The third kappa shape index (κ3) is 7.25. The topological polar surface area (TPSA) is 85.9 Å². The van der Waals surface area contributed by atoms with Crippen LogP contribution in [0.3, 0.4) is 0 Å². The Morgan fingerprint density at radius 2 is 1.58 bits per heavy atom. The number of carbonyl (C=O) groups is 2. The molecule has 0 aliphatic rings. The number of nitrogens with one attached hydrogen (secondary N) is 2. The Kier molecular flexibility index (Phi) is 8.59. The van der Waals surface area contributed by atoms with Crippen LogP contribution in [0.4, 0.5) is 18.9 Å². The summed E-state index contributed by atoms with van der Waals surface area (Å²) in [4.78, 5) is 26.1. The maximum absolute atomic E-state index is 13.1. The minimum absolute atomic E-state index is 0.155. The van der Waals surface area contributed by atoms with E-state index in [4.69, 9.17) is 9.47 Å². The number of halogens is 4. The zero-order chi connectivity index (χ0) is 26.3. The van der Waals surface area contributed by atoms with Gasteiger partial charge in [0.15, 0.2) is 0 Å². The lowest BCUT2D eigenvalue weighted by Gasteiger charge is -2.14. The van der Waals surface area contributed by atoms with Crippen molar-refractivity contribution in [3.05, 3.63) is 88.0 Å². The van der Waals surface area contributed by atoms with Crippen molar-refractivity contribution in [2.45, 2.75) is 6.36 Å². The van der Waals surface area contributed by atoms with Gasteiger partial charge in [-0.2, -0.15) is 0 Å². The zero-order valence-electron chi connectivity index (χ0n) is 19.0. The summed E-state index contributed by atoms with van der Waals surface area (Å²) in [5.74, 6) is -0.854. The number of anilines is 1. The first-order valence-electron chi connectivity index (χ1n) is 10.3. The highest BCUT2D eigenvalue weighted by atomic mass is 79.9. The van der Waals surface area contributed by atoms with Gasteiger partial charge in [0.25, 0.3) is 11.8 Å². The van der Waals surface area contributed by atoms with Crippen molar-refractivity contribution in [1.29, 1.82) is 0 Å².